The van der Waals surface area contributed by atoms with Crippen molar-refractivity contribution in [3.05, 3.63) is 32.7 Å². The first-order chi connectivity index (χ1) is 12.5. The lowest BCUT2D eigenvalue weighted by atomic mass is 10.2. The molecule has 0 fully saturated rings. The summed E-state index contributed by atoms with van der Waals surface area (Å²) in [7, 11) is 2.96. The van der Waals surface area contributed by atoms with Crippen molar-refractivity contribution in [2.45, 2.75) is 13.3 Å². The van der Waals surface area contributed by atoms with Gasteiger partial charge in [0, 0.05) is 10.9 Å². The first-order valence-electron chi connectivity index (χ1n) is 7.49. The highest BCUT2D eigenvalue weighted by atomic mass is 35.5. The van der Waals surface area contributed by atoms with Crippen LogP contribution in [0.2, 0.25) is 10.0 Å². The van der Waals surface area contributed by atoms with Gasteiger partial charge in [-0.2, -0.15) is 5.10 Å². The van der Waals surface area contributed by atoms with Gasteiger partial charge in [-0.1, -0.05) is 23.2 Å². The first-order valence-corrected chi connectivity index (χ1v) is 9.12. The van der Waals surface area contributed by atoms with Crippen LogP contribution in [0.15, 0.2) is 16.5 Å². The topological polar surface area (TPSA) is 82.0 Å². The summed E-state index contributed by atoms with van der Waals surface area (Å²) in [4.78, 5) is 15.7. The zero-order valence-electron chi connectivity index (χ0n) is 14.3. The molecule has 0 unspecified atom stereocenters. The normalized spacial score (nSPS) is 10.8. The molecule has 7 nitrogen and oxygen atoms in total. The van der Waals surface area contributed by atoms with E-state index in [1.807, 2.05) is 0 Å². The number of nitrogens with one attached hydrogen (secondary N) is 1. The fourth-order valence-electron chi connectivity index (χ4n) is 2.05. The zero-order valence-corrected chi connectivity index (χ0v) is 16.7. The molecular formula is C16H17Cl2N3O4S. The lowest BCUT2D eigenvalue weighted by molar-refractivity contribution is -0.142. The van der Waals surface area contributed by atoms with E-state index in [0.29, 0.717) is 39.5 Å². The van der Waals surface area contributed by atoms with Gasteiger partial charge in [0.25, 0.3) is 0 Å². The minimum atomic E-state index is -0.319. The highest BCUT2D eigenvalue weighted by Gasteiger charge is 2.16. The number of nitrogens with zero attached hydrogens (tertiary/aromatic N) is 2. The number of esters is 1. The van der Waals surface area contributed by atoms with Crippen LogP contribution in [0, 0.1) is 0 Å². The molecule has 0 aliphatic carbocycles. The Labute approximate surface area is 164 Å². The van der Waals surface area contributed by atoms with Crippen molar-refractivity contribution in [2.24, 2.45) is 5.10 Å². The Hall–Kier alpha value is -2.03. The number of thiazole rings is 1. The Kier molecular flexibility index (Phi) is 7.50. The molecule has 2 aromatic rings. The van der Waals surface area contributed by atoms with Crippen LogP contribution >= 0.6 is 34.5 Å². The standard InChI is InChI=1S/C16H17Cl2N3O4S/c1-4-25-12(22)6-10-8-26-16(20-10)21-19-7-9-5-11(17)15(24-3)13(18)14(9)23-2/h5,7-8H,4,6H2,1-3H3,(H,20,21)/b19-7-. The predicted octanol–water partition coefficient (Wildman–Crippen LogP) is 4.02. The molecule has 0 aliphatic heterocycles. The smallest absolute Gasteiger partial charge is 0.311 e. The van der Waals surface area contributed by atoms with Gasteiger partial charge in [-0.15, -0.1) is 11.3 Å². The van der Waals surface area contributed by atoms with E-state index in [0.717, 1.165) is 0 Å². The molecule has 0 saturated carbocycles. The van der Waals surface area contributed by atoms with E-state index >= 15 is 0 Å². The lowest BCUT2D eigenvalue weighted by Crippen LogP contribution is -2.07. The molecule has 0 saturated heterocycles. The summed E-state index contributed by atoms with van der Waals surface area (Å²) in [5, 5.41) is 7.00. The second-order valence-electron chi connectivity index (χ2n) is 4.82. The summed E-state index contributed by atoms with van der Waals surface area (Å²) in [6.07, 6.45) is 1.62. The third-order valence-corrected chi connectivity index (χ3v) is 4.53. The van der Waals surface area contributed by atoms with Gasteiger partial charge in [0.2, 0.25) is 5.13 Å². The molecule has 0 amide bonds. The quantitative estimate of drug-likeness (QED) is 0.396. The summed E-state index contributed by atoms with van der Waals surface area (Å²) in [6, 6.07) is 1.63. The molecule has 1 N–H and O–H groups in total. The fraction of sp³-hybridized carbons (Fsp3) is 0.312. The number of hydrogen-bond acceptors (Lipinski definition) is 8. The molecule has 26 heavy (non-hydrogen) atoms. The number of ether oxygens (including phenoxy) is 3. The zero-order chi connectivity index (χ0) is 19.1. The van der Waals surface area contributed by atoms with Crippen molar-refractivity contribution in [3.8, 4) is 11.5 Å². The minimum Gasteiger partial charge on any atom is -0.494 e. The average molecular weight is 418 g/mol. The summed E-state index contributed by atoms with van der Waals surface area (Å²) in [5.41, 5.74) is 3.97. The van der Waals surface area contributed by atoms with Crippen LogP contribution in [0.25, 0.3) is 0 Å². The molecule has 0 atom stereocenters. The number of hydrazone groups is 1. The molecule has 1 aromatic heterocycles. The average Bonchev–Trinajstić information content (AvgIpc) is 3.02. The van der Waals surface area contributed by atoms with Gasteiger partial charge in [0.15, 0.2) is 5.75 Å². The minimum absolute atomic E-state index is 0.118. The van der Waals surface area contributed by atoms with Crippen molar-refractivity contribution in [1.29, 1.82) is 0 Å². The Balaban J connectivity index is 2.09. The SMILES string of the molecule is CCOC(=O)Cc1csc(N/N=C\c2cc(Cl)c(OC)c(Cl)c2OC)n1. The number of methoxy groups -OCH3 is 2. The molecule has 2 rings (SSSR count). The third-order valence-electron chi connectivity index (χ3n) is 3.11. The van der Waals surface area contributed by atoms with E-state index < -0.39 is 0 Å². The second-order valence-corrected chi connectivity index (χ2v) is 6.47. The summed E-state index contributed by atoms with van der Waals surface area (Å²) < 4.78 is 15.3. The van der Waals surface area contributed by atoms with E-state index in [4.69, 9.17) is 37.4 Å². The van der Waals surface area contributed by atoms with Crippen molar-refractivity contribution in [3.63, 3.8) is 0 Å². The van der Waals surface area contributed by atoms with E-state index in [2.05, 4.69) is 15.5 Å². The first kappa shape index (κ1) is 20.3. The van der Waals surface area contributed by atoms with Crippen LogP contribution in [-0.2, 0) is 16.0 Å². The van der Waals surface area contributed by atoms with E-state index in [1.165, 1.54) is 31.8 Å². The molecule has 1 aromatic carbocycles. The number of hydrogen-bond donors (Lipinski definition) is 1. The maximum absolute atomic E-state index is 11.5. The molecule has 0 aliphatic rings. The number of rotatable bonds is 8. The second kappa shape index (κ2) is 9.61. The maximum Gasteiger partial charge on any atom is 0.311 e. The molecule has 10 heteroatoms. The number of halogens is 2. The molecule has 0 spiro atoms. The highest BCUT2D eigenvalue weighted by molar-refractivity contribution is 7.13. The van der Waals surface area contributed by atoms with Crippen molar-refractivity contribution >= 4 is 51.9 Å². The number of benzene rings is 1. The van der Waals surface area contributed by atoms with E-state index in [9.17, 15) is 4.79 Å². The largest absolute Gasteiger partial charge is 0.494 e. The Morgan fingerprint density at radius 1 is 1.35 bits per heavy atom. The van der Waals surface area contributed by atoms with Gasteiger partial charge in [0.1, 0.15) is 10.8 Å². The molecule has 140 valence electrons. The Bertz CT molecular complexity index is 811. The molecule has 0 bridgehead atoms. The van der Waals surface area contributed by atoms with Gasteiger partial charge in [-0.05, 0) is 13.0 Å². The van der Waals surface area contributed by atoms with Gasteiger partial charge in [-0.3, -0.25) is 10.2 Å². The maximum atomic E-state index is 11.5. The third kappa shape index (κ3) is 5.00. The Morgan fingerprint density at radius 3 is 2.73 bits per heavy atom. The number of carbonyl (C=O) groups is 1. The van der Waals surface area contributed by atoms with E-state index in [1.54, 1.807) is 18.4 Å². The van der Waals surface area contributed by atoms with Crippen LogP contribution in [-0.4, -0.2) is 38.0 Å². The highest BCUT2D eigenvalue weighted by Crippen LogP contribution is 2.41. The Morgan fingerprint density at radius 2 is 2.08 bits per heavy atom. The molecule has 1 heterocycles. The molecular weight excluding hydrogens is 401 g/mol. The van der Waals surface area contributed by atoms with Gasteiger partial charge < -0.3 is 14.2 Å². The van der Waals surface area contributed by atoms with Gasteiger partial charge >= 0.3 is 5.97 Å². The number of carbonyl (C=O) groups excluding carboxylic acids is 1. The van der Waals surface area contributed by atoms with Crippen LogP contribution in [0.5, 0.6) is 11.5 Å². The molecule has 0 radical (unpaired) electrons. The van der Waals surface area contributed by atoms with Crippen LogP contribution in [0.4, 0.5) is 5.13 Å². The van der Waals surface area contributed by atoms with Crippen molar-refractivity contribution in [2.75, 3.05) is 26.3 Å². The van der Waals surface area contributed by atoms with Crippen molar-refractivity contribution < 1.29 is 19.0 Å². The van der Waals surface area contributed by atoms with Crippen LogP contribution in [0.3, 0.4) is 0 Å². The summed E-state index contributed by atoms with van der Waals surface area (Å²) in [6.45, 7) is 2.10. The van der Waals surface area contributed by atoms with Crippen molar-refractivity contribution in [1.82, 2.24) is 4.98 Å². The fourth-order valence-corrected chi connectivity index (χ4v) is 3.41. The van der Waals surface area contributed by atoms with E-state index in [-0.39, 0.29) is 17.4 Å². The number of aromatic nitrogens is 1. The number of anilines is 1. The summed E-state index contributed by atoms with van der Waals surface area (Å²) in [5.74, 6) is 0.402. The monoisotopic (exact) mass is 417 g/mol. The van der Waals surface area contributed by atoms with Crippen LogP contribution in [0.1, 0.15) is 18.2 Å². The van der Waals surface area contributed by atoms with Crippen LogP contribution < -0.4 is 14.9 Å². The van der Waals surface area contributed by atoms with Gasteiger partial charge in [0.05, 0.1) is 44.2 Å². The lowest BCUT2D eigenvalue weighted by Gasteiger charge is -2.12. The van der Waals surface area contributed by atoms with Gasteiger partial charge in [-0.25, -0.2) is 4.98 Å². The summed E-state index contributed by atoms with van der Waals surface area (Å²) >= 11 is 13.7. The predicted molar refractivity (Wildman–Crippen MR) is 103 cm³/mol.